The van der Waals surface area contributed by atoms with Gasteiger partial charge in [-0.1, -0.05) is 0 Å². The van der Waals surface area contributed by atoms with Crippen molar-refractivity contribution in [2.24, 2.45) is 0 Å². The van der Waals surface area contributed by atoms with Crippen LogP contribution in [0.5, 0.6) is 0 Å². The fourth-order valence-corrected chi connectivity index (χ4v) is 1.96. The summed E-state index contributed by atoms with van der Waals surface area (Å²) in [4.78, 5) is 19.6. The van der Waals surface area contributed by atoms with E-state index in [1.807, 2.05) is 13.8 Å². The fraction of sp³-hybridized carbons (Fsp3) is 0.727. The number of hydrogen-bond donors (Lipinski definition) is 4. The van der Waals surface area contributed by atoms with Crippen LogP contribution in [-0.2, 0) is 4.74 Å². The first-order valence-corrected chi connectivity index (χ1v) is 6.28. The van der Waals surface area contributed by atoms with E-state index in [1.54, 1.807) is 0 Å². The maximum Gasteiger partial charge on any atom is 0.354 e. The lowest BCUT2D eigenvalue weighted by molar-refractivity contribution is -0.0554. The first kappa shape index (κ1) is 14.9. The van der Waals surface area contributed by atoms with Crippen molar-refractivity contribution in [2.45, 2.75) is 44.4 Å². The zero-order valence-corrected chi connectivity index (χ0v) is 11.2. The van der Waals surface area contributed by atoms with Gasteiger partial charge in [-0.05, 0) is 13.8 Å². The minimum absolute atomic E-state index is 0.0687. The highest BCUT2D eigenvalue weighted by atomic mass is 16.6. The number of aliphatic hydroxyl groups excluding tert-OH is 3. The molecule has 9 nitrogen and oxygen atoms in total. The topological polar surface area (TPSA) is 130 Å². The predicted octanol–water partition coefficient (Wildman–Crippen LogP) is -1.93. The van der Waals surface area contributed by atoms with Crippen LogP contribution in [0.3, 0.4) is 0 Å². The molecule has 1 aromatic heterocycles. The molecule has 1 saturated heterocycles. The third-order valence-corrected chi connectivity index (χ3v) is 2.94. The van der Waals surface area contributed by atoms with Crippen LogP contribution in [0.1, 0.15) is 20.1 Å². The molecule has 0 bridgehead atoms. The number of hydrogen-bond acceptors (Lipinski definition) is 8. The van der Waals surface area contributed by atoms with Gasteiger partial charge in [-0.25, -0.2) is 9.78 Å². The molecule has 1 fully saturated rings. The summed E-state index contributed by atoms with van der Waals surface area (Å²) in [5.41, 5.74) is -0.669. The summed E-state index contributed by atoms with van der Waals surface area (Å²) in [6, 6.07) is 0.0687. The van der Waals surface area contributed by atoms with Crippen LogP contribution in [-0.4, -0.2) is 60.8 Å². The van der Waals surface area contributed by atoms with Crippen LogP contribution in [0.25, 0.3) is 0 Å². The highest BCUT2D eigenvalue weighted by Crippen LogP contribution is 2.27. The lowest BCUT2D eigenvalue weighted by atomic mass is 10.1. The van der Waals surface area contributed by atoms with Crippen molar-refractivity contribution in [1.29, 1.82) is 0 Å². The molecule has 4 atom stereocenters. The number of ether oxygens (including phenoxy) is 1. The Bertz CT molecular complexity index is 520. The maximum atomic E-state index is 11.9. The third-order valence-electron chi connectivity index (χ3n) is 2.94. The van der Waals surface area contributed by atoms with Crippen LogP contribution < -0.4 is 11.0 Å². The Morgan fingerprint density at radius 3 is 2.65 bits per heavy atom. The van der Waals surface area contributed by atoms with E-state index in [2.05, 4.69) is 15.3 Å². The summed E-state index contributed by atoms with van der Waals surface area (Å²) in [6.07, 6.45) is -3.50. The van der Waals surface area contributed by atoms with Crippen molar-refractivity contribution in [3.05, 3.63) is 16.8 Å². The monoisotopic (exact) mass is 286 g/mol. The van der Waals surface area contributed by atoms with Gasteiger partial charge >= 0.3 is 5.69 Å². The van der Waals surface area contributed by atoms with E-state index in [1.165, 1.54) is 6.33 Å². The molecule has 0 spiro atoms. The lowest BCUT2D eigenvalue weighted by Gasteiger charge is -2.17. The minimum Gasteiger partial charge on any atom is -0.394 e. The van der Waals surface area contributed by atoms with Gasteiger partial charge in [0.2, 0.25) is 5.95 Å². The standard InChI is InChI=1S/C11H18N4O5/c1-5(2)13-10-12-4-15(11(19)14-10)9-8(18)7(17)6(3-16)20-9/h4-9,16-18H,3H2,1-2H3,(H,13,14,19)/t6-,7-,8-,9-/m1/s1. The SMILES string of the molecule is CC(C)Nc1ncn([C@@H]2O[C@H](CO)[C@@H](O)[C@H]2O)c(=O)n1. The molecule has 0 saturated carbocycles. The highest BCUT2D eigenvalue weighted by molar-refractivity contribution is 5.22. The molecule has 4 N–H and O–H groups in total. The molecule has 0 aliphatic carbocycles. The van der Waals surface area contributed by atoms with Crippen molar-refractivity contribution >= 4 is 5.95 Å². The molecule has 1 aromatic rings. The van der Waals surface area contributed by atoms with Crippen molar-refractivity contribution in [2.75, 3.05) is 11.9 Å². The van der Waals surface area contributed by atoms with Gasteiger partial charge in [0.25, 0.3) is 0 Å². The lowest BCUT2D eigenvalue weighted by Crippen LogP contribution is -2.36. The normalized spacial score (nSPS) is 29.9. The zero-order chi connectivity index (χ0) is 14.9. The Balaban J connectivity index is 2.24. The Labute approximate surface area is 114 Å². The van der Waals surface area contributed by atoms with E-state index in [0.29, 0.717) is 0 Å². The first-order chi connectivity index (χ1) is 9.43. The summed E-state index contributed by atoms with van der Waals surface area (Å²) in [5, 5.41) is 31.4. The second-order valence-corrected chi connectivity index (χ2v) is 4.90. The van der Waals surface area contributed by atoms with E-state index in [4.69, 9.17) is 9.84 Å². The molecular formula is C11H18N4O5. The molecule has 9 heteroatoms. The van der Waals surface area contributed by atoms with Crippen molar-refractivity contribution in [3.63, 3.8) is 0 Å². The molecule has 0 amide bonds. The molecule has 0 radical (unpaired) electrons. The average Bonchev–Trinajstić information content (AvgIpc) is 2.66. The fourth-order valence-electron chi connectivity index (χ4n) is 1.96. The van der Waals surface area contributed by atoms with E-state index >= 15 is 0 Å². The van der Waals surface area contributed by atoms with Crippen LogP contribution in [0.2, 0.25) is 0 Å². The largest absolute Gasteiger partial charge is 0.394 e. The third kappa shape index (κ3) is 2.80. The second kappa shape index (κ2) is 5.83. The Kier molecular flexibility index (Phi) is 4.33. The minimum atomic E-state index is -1.34. The van der Waals surface area contributed by atoms with Crippen LogP contribution in [0.15, 0.2) is 11.1 Å². The molecule has 112 valence electrons. The number of aliphatic hydroxyl groups is 3. The second-order valence-electron chi connectivity index (χ2n) is 4.90. The molecule has 2 rings (SSSR count). The van der Waals surface area contributed by atoms with Crippen molar-refractivity contribution in [3.8, 4) is 0 Å². The van der Waals surface area contributed by atoms with Gasteiger partial charge in [-0.3, -0.25) is 4.57 Å². The van der Waals surface area contributed by atoms with Crippen LogP contribution >= 0.6 is 0 Å². The average molecular weight is 286 g/mol. The quantitative estimate of drug-likeness (QED) is 0.503. The Morgan fingerprint density at radius 2 is 2.15 bits per heavy atom. The van der Waals surface area contributed by atoms with Crippen molar-refractivity contribution < 1.29 is 20.1 Å². The summed E-state index contributed by atoms with van der Waals surface area (Å²) < 4.78 is 6.22. The zero-order valence-electron chi connectivity index (χ0n) is 11.2. The highest BCUT2D eigenvalue weighted by Gasteiger charge is 2.43. The van der Waals surface area contributed by atoms with Gasteiger partial charge in [-0.2, -0.15) is 4.98 Å². The van der Waals surface area contributed by atoms with Gasteiger partial charge in [0, 0.05) is 6.04 Å². The number of anilines is 1. The molecule has 20 heavy (non-hydrogen) atoms. The van der Waals surface area contributed by atoms with Crippen LogP contribution in [0.4, 0.5) is 5.95 Å². The van der Waals surface area contributed by atoms with Gasteiger partial charge in [0.15, 0.2) is 6.23 Å². The van der Waals surface area contributed by atoms with E-state index in [-0.39, 0.29) is 12.0 Å². The molecule has 1 aliphatic heterocycles. The molecule has 0 unspecified atom stereocenters. The number of nitrogens with zero attached hydrogens (tertiary/aromatic N) is 3. The Morgan fingerprint density at radius 1 is 1.45 bits per heavy atom. The van der Waals surface area contributed by atoms with E-state index in [0.717, 1.165) is 4.57 Å². The molecule has 1 aliphatic rings. The Hall–Kier alpha value is -1.55. The summed E-state index contributed by atoms with van der Waals surface area (Å²) in [7, 11) is 0. The molecule has 2 heterocycles. The molecular weight excluding hydrogens is 268 g/mol. The van der Waals surface area contributed by atoms with Gasteiger partial charge in [-0.15, -0.1) is 0 Å². The van der Waals surface area contributed by atoms with Gasteiger partial charge in [0.1, 0.15) is 24.6 Å². The summed E-state index contributed by atoms with van der Waals surface area (Å²) in [5.74, 6) is 0.174. The van der Waals surface area contributed by atoms with E-state index < -0.39 is 36.8 Å². The maximum absolute atomic E-state index is 11.9. The van der Waals surface area contributed by atoms with Gasteiger partial charge in [0.05, 0.1) is 6.61 Å². The molecule has 0 aromatic carbocycles. The smallest absolute Gasteiger partial charge is 0.354 e. The van der Waals surface area contributed by atoms with Crippen molar-refractivity contribution in [1.82, 2.24) is 14.5 Å². The summed E-state index contributed by atoms with van der Waals surface area (Å²) in [6.45, 7) is 3.29. The number of aromatic nitrogens is 3. The van der Waals surface area contributed by atoms with E-state index in [9.17, 15) is 15.0 Å². The summed E-state index contributed by atoms with van der Waals surface area (Å²) >= 11 is 0. The first-order valence-electron chi connectivity index (χ1n) is 6.28. The number of nitrogens with one attached hydrogen (secondary N) is 1. The predicted molar refractivity (Wildman–Crippen MR) is 68.1 cm³/mol. The van der Waals surface area contributed by atoms with Gasteiger partial charge < -0.3 is 25.4 Å². The number of rotatable bonds is 4. The van der Waals surface area contributed by atoms with Crippen LogP contribution in [0, 0.1) is 0 Å².